The van der Waals surface area contributed by atoms with E-state index in [-0.39, 0.29) is 6.54 Å². The van der Waals surface area contributed by atoms with Gasteiger partial charge in [0.25, 0.3) is 5.91 Å². The maximum atomic E-state index is 12.7. The van der Waals surface area contributed by atoms with Crippen LogP contribution in [-0.4, -0.2) is 47.5 Å². The number of hydrogen-bond acceptors (Lipinski definition) is 2. The van der Waals surface area contributed by atoms with E-state index in [9.17, 15) is 22.4 Å². The Hall–Kier alpha value is -0.850. The van der Waals surface area contributed by atoms with Crippen LogP contribution in [0, 0.1) is 0 Å². The van der Waals surface area contributed by atoms with Gasteiger partial charge in [0.05, 0.1) is 6.61 Å². The van der Waals surface area contributed by atoms with Crippen molar-refractivity contribution in [1.29, 1.82) is 0 Å². The normalized spacial score (nSPS) is 16.9. The molecule has 0 aliphatic heterocycles. The van der Waals surface area contributed by atoms with Crippen LogP contribution in [-0.2, 0) is 4.79 Å². The maximum absolute atomic E-state index is 12.7. The molecule has 1 amide bonds. The van der Waals surface area contributed by atoms with Crippen molar-refractivity contribution in [2.45, 2.75) is 31.2 Å². The molecule has 0 radical (unpaired) electrons. The minimum Gasteiger partial charge on any atom is -0.395 e. The summed E-state index contributed by atoms with van der Waals surface area (Å²) in [5, 5.41) is 8.54. The highest BCUT2D eigenvalue weighted by Gasteiger charge is 2.53. The van der Waals surface area contributed by atoms with Crippen LogP contribution in [0.15, 0.2) is 0 Å². The number of alkyl halides is 4. The van der Waals surface area contributed by atoms with Gasteiger partial charge in [0.1, 0.15) is 0 Å². The number of hydrogen-bond donors (Lipinski definition) is 1. The second-order valence-corrected chi connectivity index (χ2v) is 3.38. The van der Waals surface area contributed by atoms with Crippen molar-refractivity contribution in [2.24, 2.45) is 0 Å². The monoisotopic (exact) mass is 229 g/mol. The quantitative estimate of drug-likeness (QED) is 0.710. The molecule has 1 aliphatic rings. The molecular weight excluding hydrogens is 218 g/mol. The van der Waals surface area contributed by atoms with Crippen molar-refractivity contribution in [3.63, 3.8) is 0 Å². The zero-order valence-corrected chi connectivity index (χ0v) is 7.80. The lowest BCUT2D eigenvalue weighted by Crippen LogP contribution is -2.49. The van der Waals surface area contributed by atoms with Gasteiger partial charge in [-0.25, -0.2) is 8.78 Å². The number of nitrogens with zero attached hydrogens (tertiary/aromatic N) is 1. The highest BCUT2D eigenvalue weighted by molar-refractivity contribution is 5.84. The number of amides is 1. The van der Waals surface area contributed by atoms with Gasteiger partial charge in [-0.1, -0.05) is 0 Å². The topological polar surface area (TPSA) is 40.5 Å². The van der Waals surface area contributed by atoms with Gasteiger partial charge in [-0.15, -0.1) is 0 Å². The molecule has 3 nitrogen and oxygen atoms in total. The summed E-state index contributed by atoms with van der Waals surface area (Å²) in [5.74, 6) is -6.55. The Labute approximate surface area is 83.7 Å². The number of carbonyl (C=O) groups is 1. The summed E-state index contributed by atoms with van der Waals surface area (Å²) in [7, 11) is 0. The highest BCUT2D eigenvalue weighted by atomic mass is 19.3. The van der Waals surface area contributed by atoms with Crippen molar-refractivity contribution >= 4 is 5.91 Å². The molecule has 0 aromatic carbocycles. The van der Waals surface area contributed by atoms with Crippen LogP contribution in [0.3, 0.4) is 0 Å². The first-order valence-corrected chi connectivity index (χ1v) is 4.49. The number of rotatable bonds is 5. The third-order valence-electron chi connectivity index (χ3n) is 2.15. The van der Waals surface area contributed by atoms with Gasteiger partial charge in [-0.05, 0) is 12.8 Å². The van der Waals surface area contributed by atoms with Crippen LogP contribution in [0.2, 0.25) is 0 Å². The SMILES string of the molecule is O=C(N(CCO)C1CC1)C(F)(F)C(F)F. The van der Waals surface area contributed by atoms with Crippen LogP contribution in [0.1, 0.15) is 12.8 Å². The standard InChI is InChI=1S/C8H11F4NO2/c9-6(10)8(11,12)7(15)13(3-4-14)5-1-2-5/h5-6,14H,1-4H2. The van der Waals surface area contributed by atoms with E-state index in [1.165, 1.54) is 0 Å². The van der Waals surface area contributed by atoms with Gasteiger partial charge < -0.3 is 10.0 Å². The summed E-state index contributed by atoms with van der Waals surface area (Å²) in [5.41, 5.74) is 0. The largest absolute Gasteiger partial charge is 0.395 e. The van der Waals surface area contributed by atoms with Crippen LogP contribution >= 0.6 is 0 Å². The second-order valence-electron chi connectivity index (χ2n) is 3.38. The molecule has 0 aromatic rings. The van der Waals surface area contributed by atoms with Gasteiger partial charge in [0.2, 0.25) is 0 Å². The Kier molecular flexibility index (Phi) is 3.54. The summed E-state index contributed by atoms with van der Waals surface area (Å²) >= 11 is 0. The Morgan fingerprint density at radius 1 is 1.47 bits per heavy atom. The Morgan fingerprint density at radius 3 is 2.33 bits per heavy atom. The predicted molar refractivity (Wildman–Crippen MR) is 42.8 cm³/mol. The van der Waals surface area contributed by atoms with E-state index < -0.39 is 30.9 Å². The lowest BCUT2D eigenvalue weighted by molar-refractivity contribution is -0.181. The van der Waals surface area contributed by atoms with Crippen molar-refractivity contribution in [3.8, 4) is 0 Å². The molecule has 1 N–H and O–H groups in total. The number of aliphatic hydroxyl groups excluding tert-OH is 1. The van der Waals surface area contributed by atoms with E-state index in [1.54, 1.807) is 0 Å². The molecule has 15 heavy (non-hydrogen) atoms. The van der Waals surface area contributed by atoms with Gasteiger partial charge in [-0.3, -0.25) is 4.79 Å². The molecule has 0 spiro atoms. The molecule has 1 aliphatic carbocycles. The Bertz CT molecular complexity index is 243. The summed E-state index contributed by atoms with van der Waals surface area (Å²) in [6, 6.07) is -0.422. The molecule has 1 rings (SSSR count). The molecule has 0 unspecified atom stereocenters. The van der Waals surface area contributed by atoms with Crippen molar-refractivity contribution in [1.82, 2.24) is 4.90 Å². The Morgan fingerprint density at radius 2 is 2.00 bits per heavy atom. The summed E-state index contributed by atoms with van der Waals surface area (Å²) in [6.07, 6.45) is -2.97. The molecule has 0 atom stereocenters. The molecular formula is C8H11F4NO2. The summed E-state index contributed by atoms with van der Waals surface area (Å²) in [4.78, 5) is 11.7. The van der Waals surface area contributed by atoms with Crippen molar-refractivity contribution in [3.05, 3.63) is 0 Å². The first-order valence-electron chi connectivity index (χ1n) is 4.49. The zero-order chi connectivity index (χ0) is 11.6. The summed E-state index contributed by atoms with van der Waals surface area (Å²) < 4.78 is 49.1. The minimum absolute atomic E-state index is 0.328. The number of carbonyl (C=O) groups excluding carboxylic acids is 1. The molecule has 7 heteroatoms. The molecule has 1 fully saturated rings. The van der Waals surface area contributed by atoms with E-state index >= 15 is 0 Å². The Balaban J connectivity index is 2.70. The van der Waals surface area contributed by atoms with Crippen LogP contribution in [0.4, 0.5) is 17.6 Å². The molecule has 0 saturated heterocycles. The van der Waals surface area contributed by atoms with Crippen LogP contribution < -0.4 is 0 Å². The third-order valence-corrected chi connectivity index (χ3v) is 2.15. The van der Waals surface area contributed by atoms with Crippen LogP contribution in [0.25, 0.3) is 0 Å². The molecule has 0 aromatic heterocycles. The second kappa shape index (κ2) is 4.34. The lowest BCUT2D eigenvalue weighted by atomic mass is 10.3. The van der Waals surface area contributed by atoms with E-state index in [0.29, 0.717) is 17.7 Å². The van der Waals surface area contributed by atoms with E-state index in [0.717, 1.165) is 0 Å². The average molecular weight is 229 g/mol. The number of aliphatic hydroxyl groups is 1. The molecule has 0 bridgehead atoms. The van der Waals surface area contributed by atoms with Crippen molar-refractivity contribution in [2.75, 3.05) is 13.2 Å². The maximum Gasteiger partial charge on any atom is 0.383 e. The first-order chi connectivity index (χ1) is 6.91. The lowest BCUT2D eigenvalue weighted by Gasteiger charge is -2.25. The van der Waals surface area contributed by atoms with Crippen molar-refractivity contribution < 1.29 is 27.5 Å². The smallest absolute Gasteiger partial charge is 0.383 e. The minimum atomic E-state index is -4.66. The highest BCUT2D eigenvalue weighted by Crippen LogP contribution is 2.32. The average Bonchev–Trinajstić information content (AvgIpc) is 2.96. The fourth-order valence-electron chi connectivity index (χ4n) is 1.23. The fraction of sp³-hybridized carbons (Fsp3) is 0.875. The van der Waals surface area contributed by atoms with Gasteiger partial charge in [-0.2, -0.15) is 8.78 Å². The van der Waals surface area contributed by atoms with E-state index in [2.05, 4.69) is 0 Å². The molecule has 1 saturated carbocycles. The fourth-order valence-corrected chi connectivity index (χ4v) is 1.23. The molecule has 88 valence electrons. The molecule has 0 heterocycles. The zero-order valence-electron chi connectivity index (χ0n) is 7.80. The van der Waals surface area contributed by atoms with Gasteiger partial charge in [0.15, 0.2) is 0 Å². The van der Waals surface area contributed by atoms with E-state index in [4.69, 9.17) is 5.11 Å². The van der Waals surface area contributed by atoms with Gasteiger partial charge >= 0.3 is 12.3 Å². The van der Waals surface area contributed by atoms with Gasteiger partial charge in [0, 0.05) is 12.6 Å². The summed E-state index contributed by atoms with van der Waals surface area (Å²) in [6.45, 7) is -0.840. The van der Waals surface area contributed by atoms with Crippen LogP contribution in [0.5, 0.6) is 0 Å². The third kappa shape index (κ3) is 2.58. The predicted octanol–water partition coefficient (Wildman–Crippen LogP) is 0.870. The van der Waals surface area contributed by atoms with E-state index in [1.807, 2.05) is 0 Å². The number of halogens is 4. The first kappa shape index (κ1) is 12.2.